The molecule has 0 radical (unpaired) electrons. The van der Waals surface area contributed by atoms with E-state index in [1.54, 1.807) is 25.4 Å². The Kier molecular flexibility index (Phi) is 4.29. The van der Waals surface area contributed by atoms with E-state index in [4.69, 9.17) is 0 Å². The number of carbonyl (C=O) groups excluding carboxylic acids is 1. The number of nitrogens with one attached hydrogen (secondary N) is 2. The molecule has 0 aromatic carbocycles. The molecule has 7 nitrogen and oxygen atoms in total. The molecule has 9 heteroatoms. The number of pyridine rings is 1. The second kappa shape index (κ2) is 6.44. The molecule has 1 aliphatic heterocycles. The summed E-state index contributed by atoms with van der Waals surface area (Å²) < 4.78 is 28.0. The minimum absolute atomic E-state index is 0.0138. The predicted molar refractivity (Wildman–Crippen MR) is 101 cm³/mol. The van der Waals surface area contributed by atoms with E-state index in [2.05, 4.69) is 25.6 Å². The fraction of sp³-hybridized carbons (Fsp3) is 0.474. The first-order chi connectivity index (χ1) is 13.2. The lowest BCUT2D eigenvalue weighted by molar-refractivity contribution is -0.114. The third kappa shape index (κ3) is 3.30. The largest absolute Gasteiger partial charge is 0.325 e. The number of rotatable bonds is 5. The second-order valence-corrected chi connectivity index (χ2v) is 7.59. The van der Waals surface area contributed by atoms with E-state index in [1.807, 2.05) is 4.90 Å². The zero-order valence-electron chi connectivity index (χ0n) is 16.0. The minimum atomic E-state index is -3.14. The monoisotopic (exact) mass is 388 g/mol. The fourth-order valence-electron chi connectivity index (χ4n) is 3.67. The lowest BCUT2D eigenvalue weighted by Crippen LogP contribution is -2.24. The van der Waals surface area contributed by atoms with Gasteiger partial charge in [-0.25, -0.2) is 15.0 Å². The molecule has 1 aliphatic carbocycles. The highest BCUT2D eigenvalue weighted by molar-refractivity contribution is 5.89. The van der Waals surface area contributed by atoms with Crippen molar-refractivity contribution >= 4 is 23.2 Å². The van der Waals surface area contributed by atoms with Crippen molar-refractivity contribution in [2.24, 2.45) is 0 Å². The van der Waals surface area contributed by atoms with Crippen molar-refractivity contribution in [3.8, 4) is 0 Å². The first kappa shape index (κ1) is 18.7. The molecule has 2 aromatic heterocycles. The smallest absolute Gasteiger partial charge is 0.303 e. The molecule has 2 aromatic rings. The van der Waals surface area contributed by atoms with Crippen LogP contribution < -0.4 is 15.5 Å². The number of amides is 1. The average molecular weight is 388 g/mol. The van der Waals surface area contributed by atoms with Gasteiger partial charge in [0.15, 0.2) is 0 Å². The summed E-state index contributed by atoms with van der Waals surface area (Å²) in [7, 11) is 1.74. The molecule has 3 heterocycles. The highest BCUT2D eigenvalue weighted by atomic mass is 19.3. The van der Waals surface area contributed by atoms with Crippen LogP contribution >= 0.6 is 0 Å². The first-order valence-electron chi connectivity index (χ1n) is 9.18. The van der Waals surface area contributed by atoms with Crippen LogP contribution in [0.1, 0.15) is 43.8 Å². The summed E-state index contributed by atoms with van der Waals surface area (Å²) in [5.41, 5.74) is 2.40. The third-order valence-corrected chi connectivity index (χ3v) is 5.16. The summed E-state index contributed by atoms with van der Waals surface area (Å²) in [6.45, 7) is 3.23. The van der Waals surface area contributed by atoms with E-state index >= 15 is 0 Å². The van der Waals surface area contributed by atoms with Gasteiger partial charge in [-0.15, -0.1) is 0 Å². The molecular formula is C19H22F2N6O. The summed E-state index contributed by atoms with van der Waals surface area (Å²) in [4.78, 5) is 25.9. The minimum Gasteiger partial charge on any atom is -0.325 e. The molecule has 148 valence electrons. The van der Waals surface area contributed by atoms with Gasteiger partial charge in [0, 0.05) is 56.2 Å². The Hall–Kier alpha value is -2.68. The lowest BCUT2D eigenvalue weighted by Gasteiger charge is -2.22. The zero-order valence-corrected chi connectivity index (χ0v) is 16.0. The maximum absolute atomic E-state index is 14.0. The maximum atomic E-state index is 14.0. The van der Waals surface area contributed by atoms with Crippen LogP contribution in [-0.2, 0) is 22.7 Å². The Morgan fingerprint density at radius 3 is 2.68 bits per heavy atom. The van der Waals surface area contributed by atoms with Crippen LogP contribution in [0.15, 0.2) is 18.3 Å². The zero-order chi connectivity index (χ0) is 20.1. The van der Waals surface area contributed by atoms with E-state index < -0.39 is 11.7 Å². The summed E-state index contributed by atoms with van der Waals surface area (Å²) in [6, 6.07) is 3.52. The van der Waals surface area contributed by atoms with Gasteiger partial charge >= 0.3 is 5.92 Å². The van der Waals surface area contributed by atoms with Gasteiger partial charge < -0.3 is 15.5 Å². The molecule has 0 bridgehead atoms. The molecule has 1 fully saturated rings. The number of halogens is 2. The van der Waals surface area contributed by atoms with Crippen LogP contribution in [0.2, 0.25) is 0 Å². The van der Waals surface area contributed by atoms with Crippen molar-refractivity contribution in [3.63, 3.8) is 0 Å². The maximum Gasteiger partial charge on any atom is 0.303 e. The van der Waals surface area contributed by atoms with E-state index in [0.717, 1.165) is 31.0 Å². The lowest BCUT2D eigenvalue weighted by atomic mass is 10.0. The molecule has 0 saturated heterocycles. The van der Waals surface area contributed by atoms with E-state index in [-0.39, 0.29) is 11.3 Å². The summed E-state index contributed by atoms with van der Waals surface area (Å²) in [5, 5.41) is 5.63. The topological polar surface area (TPSA) is 83.0 Å². The van der Waals surface area contributed by atoms with Gasteiger partial charge in [0.1, 0.15) is 11.6 Å². The number of fused-ring (bicyclic) bond motifs is 2. The Morgan fingerprint density at radius 1 is 1.32 bits per heavy atom. The average Bonchev–Trinajstić information content (AvgIpc) is 3.31. The number of carbonyl (C=O) groups is 1. The van der Waals surface area contributed by atoms with Crippen LogP contribution in [0.4, 0.5) is 26.1 Å². The molecule has 1 amide bonds. The quantitative estimate of drug-likeness (QED) is 0.820. The van der Waals surface area contributed by atoms with E-state index in [1.165, 1.54) is 6.92 Å². The molecule has 2 aliphatic rings. The molecule has 2 N–H and O–H groups in total. The molecule has 1 spiro atoms. The first-order valence-corrected chi connectivity index (χ1v) is 9.18. The van der Waals surface area contributed by atoms with Crippen molar-refractivity contribution in [2.45, 2.75) is 44.6 Å². The Morgan fingerprint density at radius 2 is 2.07 bits per heavy atom. The van der Waals surface area contributed by atoms with Gasteiger partial charge in [-0.1, -0.05) is 0 Å². The molecule has 0 unspecified atom stereocenters. The van der Waals surface area contributed by atoms with Crippen LogP contribution in [0.5, 0.6) is 0 Å². The van der Waals surface area contributed by atoms with Crippen molar-refractivity contribution in [1.82, 2.24) is 20.3 Å². The van der Waals surface area contributed by atoms with Crippen LogP contribution in [0.25, 0.3) is 0 Å². The number of hydrogen-bond donors (Lipinski definition) is 2. The molecule has 4 rings (SSSR count). The van der Waals surface area contributed by atoms with Crippen molar-refractivity contribution in [3.05, 3.63) is 35.4 Å². The van der Waals surface area contributed by atoms with Gasteiger partial charge in [-0.05, 0) is 19.9 Å². The van der Waals surface area contributed by atoms with Gasteiger partial charge in [-0.3, -0.25) is 4.79 Å². The van der Waals surface area contributed by atoms with E-state index in [0.29, 0.717) is 30.4 Å². The third-order valence-electron chi connectivity index (χ3n) is 5.16. The normalized spacial score (nSPS) is 17.0. The number of hydrogen-bond acceptors (Lipinski definition) is 6. The second-order valence-electron chi connectivity index (χ2n) is 7.59. The van der Waals surface area contributed by atoms with Gasteiger partial charge in [-0.2, -0.15) is 8.78 Å². The SMILES string of the molecule is CNCc1cc(N2CC3(CC3)c3cnc(NC(C)=O)cc32)nc(C(C)(F)F)n1. The van der Waals surface area contributed by atoms with Gasteiger partial charge in [0.2, 0.25) is 11.7 Å². The van der Waals surface area contributed by atoms with Gasteiger partial charge in [0.25, 0.3) is 0 Å². The summed E-state index contributed by atoms with van der Waals surface area (Å²) in [6.07, 6.45) is 3.81. The van der Waals surface area contributed by atoms with Gasteiger partial charge in [0.05, 0.1) is 11.4 Å². The van der Waals surface area contributed by atoms with E-state index in [9.17, 15) is 13.6 Å². The standard InChI is InChI=1S/C19H22F2N6O/c1-11(28)24-15-7-14-13(9-23-15)19(4-5-19)10-27(14)16-6-12(8-22-3)25-17(26-16)18(2,20)21/h6-7,9,22H,4-5,8,10H2,1-3H3,(H,23,24,28). The molecule has 0 atom stereocenters. The molecule has 28 heavy (non-hydrogen) atoms. The number of nitrogens with zero attached hydrogens (tertiary/aromatic N) is 4. The fourth-order valence-corrected chi connectivity index (χ4v) is 3.67. The Labute approximate surface area is 161 Å². The van der Waals surface area contributed by atoms with Crippen molar-refractivity contribution in [1.29, 1.82) is 0 Å². The number of alkyl halides is 2. The predicted octanol–water partition coefficient (Wildman–Crippen LogP) is 2.84. The highest BCUT2D eigenvalue weighted by Gasteiger charge is 2.52. The number of aromatic nitrogens is 3. The number of anilines is 3. The molecule has 1 saturated carbocycles. The Balaban J connectivity index is 1.80. The summed E-state index contributed by atoms with van der Waals surface area (Å²) >= 11 is 0. The van der Waals surface area contributed by atoms with Crippen molar-refractivity contribution in [2.75, 3.05) is 23.8 Å². The van der Waals surface area contributed by atoms with Crippen molar-refractivity contribution < 1.29 is 13.6 Å². The van der Waals surface area contributed by atoms with Crippen LogP contribution in [0, 0.1) is 0 Å². The molecular weight excluding hydrogens is 366 g/mol. The van der Waals surface area contributed by atoms with Crippen LogP contribution in [-0.4, -0.2) is 34.5 Å². The summed E-state index contributed by atoms with van der Waals surface area (Å²) in [5.74, 6) is -2.99. The highest BCUT2D eigenvalue weighted by Crippen LogP contribution is 2.58. The Bertz CT molecular complexity index is 939. The van der Waals surface area contributed by atoms with Crippen LogP contribution in [0.3, 0.4) is 0 Å².